The highest BCUT2D eigenvalue weighted by molar-refractivity contribution is 6.06. The largest absolute Gasteiger partial charge is 0.487 e. The molecule has 0 heterocycles. The number of hydrogen-bond acceptors (Lipinski definition) is 3. The molecular weight excluding hydrogens is 597 g/mol. The molecule has 0 saturated heterocycles. The standard InChI is InChI=1S/C46H34N2O/c1-47-46-44(49-32-33-11-4-2-5-12-33)30-25-37-15-10-18-43(45(37)46)36-23-28-42(29-24-36)48(40-16-6-3-7-17-40)41-26-21-35(22-27-41)39-20-19-34-13-8-9-14-38(34)31-39/h2-31H,1,32H2. The molecule has 3 heteroatoms. The molecule has 234 valence electrons. The predicted octanol–water partition coefficient (Wildman–Crippen LogP) is 12.7. The van der Waals surface area contributed by atoms with E-state index in [2.05, 4.69) is 174 Å². The van der Waals surface area contributed by atoms with E-state index in [0.29, 0.717) is 6.61 Å². The minimum absolute atomic E-state index is 0.463. The third kappa shape index (κ3) is 6.06. The molecule has 0 spiro atoms. The smallest absolute Gasteiger partial charge is 0.146 e. The zero-order chi connectivity index (χ0) is 33.0. The summed E-state index contributed by atoms with van der Waals surface area (Å²) in [7, 11) is 0. The van der Waals surface area contributed by atoms with Crippen molar-refractivity contribution in [1.82, 2.24) is 0 Å². The van der Waals surface area contributed by atoms with Crippen LogP contribution in [0.15, 0.2) is 187 Å². The Morgan fingerprint density at radius 2 is 1.04 bits per heavy atom. The van der Waals surface area contributed by atoms with Gasteiger partial charge in [-0.05, 0) is 99.2 Å². The van der Waals surface area contributed by atoms with Crippen molar-refractivity contribution in [3.8, 4) is 28.0 Å². The highest BCUT2D eigenvalue weighted by Gasteiger charge is 2.16. The first-order valence-electron chi connectivity index (χ1n) is 16.5. The summed E-state index contributed by atoms with van der Waals surface area (Å²) in [6, 6.07) is 63.9. The van der Waals surface area contributed by atoms with Crippen LogP contribution in [-0.4, -0.2) is 6.72 Å². The Hall–Kier alpha value is -6.45. The number of benzene rings is 8. The normalized spacial score (nSPS) is 11.0. The van der Waals surface area contributed by atoms with Gasteiger partial charge in [-0.3, -0.25) is 4.99 Å². The number of fused-ring (bicyclic) bond motifs is 2. The molecule has 0 bridgehead atoms. The molecule has 0 N–H and O–H groups in total. The Morgan fingerprint density at radius 1 is 0.469 bits per heavy atom. The Balaban J connectivity index is 1.14. The second-order valence-electron chi connectivity index (χ2n) is 12.1. The van der Waals surface area contributed by atoms with E-state index in [1.807, 2.05) is 24.3 Å². The lowest BCUT2D eigenvalue weighted by molar-refractivity contribution is 0.308. The molecule has 8 aromatic rings. The number of rotatable bonds is 9. The quantitative estimate of drug-likeness (QED) is 0.148. The number of nitrogens with zero attached hydrogens (tertiary/aromatic N) is 2. The van der Waals surface area contributed by atoms with Crippen LogP contribution in [0.5, 0.6) is 5.75 Å². The Labute approximate surface area is 287 Å². The molecule has 0 unspecified atom stereocenters. The third-order valence-electron chi connectivity index (χ3n) is 9.04. The molecule has 0 radical (unpaired) electrons. The molecule has 0 aromatic heterocycles. The zero-order valence-electron chi connectivity index (χ0n) is 27.0. The van der Waals surface area contributed by atoms with Gasteiger partial charge in [0.05, 0.1) is 0 Å². The van der Waals surface area contributed by atoms with Gasteiger partial charge < -0.3 is 9.64 Å². The van der Waals surface area contributed by atoms with Gasteiger partial charge in [-0.25, -0.2) is 0 Å². The van der Waals surface area contributed by atoms with Crippen LogP contribution in [0.4, 0.5) is 22.7 Å². The number of anilines is 3. The van der Waals surface area contributed by atoms with Crippen LogP contribution in [-0.2, 0) is 6.61 Å². The summed E-state index contributed by atoms with van der Waals surface area (Å²) in [5.74, 6) is 0.720. The predicted molar refractivity (Wildman–Crippen MR) is 207 cm³/mol. The van der Waals surface area contributed by atoms with Crippen molar-refractivity contribution in [3.63, 3.8) is 0 Å². The first-order chi connectivity index (χ1) is 24.2. The summed E-state index contributed by atoms with van der Waals surface area (Å²) in [6.07, 6.45) is 0. The van der Waals surface area contributed by atoms with Gasteiger partial charge in [0, 0.05) is 22.4 Å². The van der Waals surface area contributed by atoms with E-state index < -0.39 is 0 Å². The highest BCUT2D eigenvalue weighted by Crippen LogP contribution is 2.43. The molecular formula is C46H34N2O. The Morgan fingerprint density at radius 3 is 1.76 bits per heavy atom. The number of hydrogen-bond donors (Lipinski definition) is 0. The minimum Gasteiger partial charge on any atom is -0.487 e. The highest BCUT2D eigenvalue weighted by atomic mass is 16.5. The molecule has 0 aliphatic carbocycles. The fourth-order valence-corrected chi connectivity index (χ4v) is 6.58. The van der Waals surface area contributed by atoms with Crippen LogP contribution in [0, 0.1) is 0 Å². The van der Waals surface area contributed by atoms with Gasteiger partial charge in [0.25, 0.3) is 0 Å². The van der Waals surface area contributed by atoms with Gasteiger partial charge in [-0.2, -0.15) is 0 Å². The van der Waals surface area contributed by atoms with Crippen molar-refractivity contribution >= 4 is 51.0 Å². The maximum absolute atomic E-state index is 6.28. The summed E-state index contributed by atoms with van der Waals surface area (Å²) in [4.78, 5) is 6.78. The Kier molecular flexibility index (Phi) is 8.15. The lowest BCUT2D eigenvalue weighted by Gasteiger charge is -2.26. The van der Waals surface area contributed by atoms with Crippen LogP contribution in [0.2, 0.25) is 0 Å². The monoisotopic (exact) mass is 630 g/mol. The zero-order valence-corrected chi connectivity index (χ0v) is 27.0. The van der Waals surface area contributed by atoms with Crippen molar-refractivity contribution in [3.05, 3.63) is 188 Å². The molecule has 49 heavy (non-hydrogen) atoms. The van der Waals surface area contributed by atoms with Crippen molar-refractivity contribution in [2.24, 2.45) is 4.99 Å². The molecule has 8 rings (SSSR count). The second-order valence-corrected chi connectivity index (χ2v) is 12.1. The van der Waals surface area contributed by atoms with Gasteiger partial charge in [-0.15, -0.1) is 0 Å². The molecule has 0 aliphatic rings. The van der Waals surface area contributed by atoms with E-state index in [-0.39, 0.29) is 0 Å². The van der Waals surface area contributed by atoms with Crippen molar-refractivity contribution in [1.29, 1.82) is 0 Å². The SMILES string of the molecule is C=Nc1c(OCc2ccccc2)ccc2cccc(-c3ccc(N(c4ccccc4)c4ccc(-c5ccc6ccccc6c5)cc4)cc3)c12. The number of aliphatic imine (C=N–C) groups is 1. The van der Waals surface area contributed by atoms with Crippen molar-refractivity contribution in [2.45, 2.75) is 6.61 Å². The van der Waals surface area contributed by atoms with E-state index in [1.165, 1.54) is 21.9 Å². The van der Waals surface area contributed by atoms with Crippen molar-refractivity contribution < 1.29 is 4.74 Å². The fourth-order valence-electron chi connectivity index (χ4n) is 6.58. The number of ether oxygens (including phenoxy) is 1. The minimum atomic E-state index is 0.463. The second kappa shape index (κ2) is 13.3. The first-order valence-corrected chi connectivity index (χ1v) is 16.5. The molecule has 3 nitrogen and oxygen atoms in total. The van der Waals surface area contributed by atoms with Crippen LogP contribution in [0.1, 0.15) is 5.56 Å². The van der Waals surface area contributed by atoms with E-state index in [0.717, 1.165) is 56.0 Å². The summed E-state index contributed by atoms with van der Waals surface area (Å²) < 4.78 is 6.28. The average Bonchev–Trinajstić information content (AvgIpc) is 3.18. The lowest BCUT2D eigenvalue weighted by atomic mass is 9.96. The van der Waals surface area contributed by atoms with Gasteiger partial charge in [-0.1, -0.05) is 133 Å². The van der Waals surface area contributed by atoms with Gasteiger partial charge in [0.15, 0.2) is 0 Å². The average molecular weight is 631 g/mol. The molecule has 0 atom stereocenters. The van der Waals surface area contributed by atoms with Gasteiger partial charge in [0.2, 0.25) is 0 Å². The first kappa shape index (κ1) is 29.9. The molecule has 0 saturated carbocycles. The van der Waals surface area contributed by atoms with E-state index >= 15 is 0 Å². The summed E-state index contributed by atoms with van der Waals surface area (Å²) in [5, 5.41) is 4.61. The van der Waals surface area contributed by atoms with Crippen LogP contribution in [0.25, 0.3) is 43.8 Å². The van der Waals surface area contributed by atoms with Gasteiger partial charge >= 0.3 is 0 Å². The topological polar surface area (TPSA) is 24.8 Å². The number of para-hydroxylation sites is 1. The van der Waals surface area contributed by atoms with E-state index in [4.69, 9.17) is 4.74 Å². The fraction of sp³-hybridized carbons (Fsp3) is 0.0217. The Bertz CT molecular complexity index is 2380. The maximum Gasteiger partial charge on any atom is 0.146 e. The van der Waals surface area contributed by atoms with E-state index in [9.17, 15) is 0 Å². The lowest BCUT2D eigenvalue weighted by Crippen LogP contribution is -2.09. The van der Waals surface area contributed by atoms with Crippen LogP contribution < -0.4 is 9.64 Å². The molecule has 8 aromatic carbocycles. The van der Waals surface area contributed by atoms with Crippen LogP contribution >= 0.6 is 0 Å². The van der Waals surface area contributed by atoms with Crippen molar-refractivity contribution in [2.75, 3.05) is 4.90 Å². The molecule has 0 amide bonds. The maximum atomic E-state index is 6.28. The summed E-state index contributed by atoms with van der Waals surface area (Å²) in [5.41, 5.74) is 9.69. The van der Waals surface area contributed by atoms with Gasteiger partial charge in [0.1, 0.15) is 18.0 Å². The molecule has 0 aliphatic heterocycles. The summed E-state index contributed by atoms with van der Waals surface area (Å²) >= 11 is 0. The molecule has 0 fully saturated rings. The summed E-state index contributed by atoms with van der Waals surface area (Å²) in [6.45, 7) is 4.40. The van der Waals surface area contributed by atoms with Crippen LogP contribution in [0.3, 0.4) is 0 Å². The third-order valence-corrected chi connectivity index (χ3v) is 9.04. The van der Waals surface area contributed by atoms with E-state index in [1.54, 1.807) is 0 Å².